The van der Waals surface area contributed by atoms with Crippen LogP contribution in [0.4, 0.5) is 11.4 Å². The van der Waals surface area contributed by atoms with Gasteiger partial charge >= 0.3 is 0 Å². The summed E-state index contributed by atoms with van der Waals surface area (Å²) in [6.45, 7) is 3.17. The van der Waals surface area contributed by atoms with Crippen LogP contribution in [-0.4, -0.2) is 17.5 Å². The Balaban J connectivity index is 1.81. The summed E-state index contributed by atoms with van der Waals surface area (Å²) in [5.41, 5.74) is 3.76. The summed E-state index contributed by atoms with van der Waals surface area (Å²) in [5, 5.41) is 10.9. The van der Waals surface area contributed by atoms with Gasteiger partial charge in [-0.1, -0.05) is 30.3 Å². The van der Waals surface area contributed by atoms with Gasteiger partial charge in [-0.05, 0) is 43.4 Å². The summed E-state index contributed by atoms with van der Waals surface area (Å²) in [6, 6.07) is 16.2. The minimum absolute atomic E-state index is 0.191. The summed E-state index contributed by atoms with van der Waals surface area (Å²) in [6.07, 6.45) is 2.95. The second kappa shape index (κ2) is 6.18. The molecule has 0 aromatic heterocycles. The molecule has 114 valence electrons. The molecule has 0 amide bonds. The maximum atomic E-state index is 10.9. The molecule has 0 saturated heterocycles. The number of anilines is 1. The summed E-state index contributed by atoms with van der Waals surface area (Å²) < 4.78 is 0. The second-order valence-corrected chi connectivity index (χ2v) is 5.89. The number of hydrogen-bond donors (Lipinski definition) is 0. The number of fused-ring (bicyclic) bond motifs is 1. The molecule has 0 unspecified atom stereocenters. The Kier molecular flexibility index (Phi) is 4.09. The van der Waals surface area contributed by atoms with Gasteiger partial charge in [-0.3, -0.25) is 10.1 Å². The van der Waals surface area contributed by atoms with E-state index >= 15 is 0 Å². The van der Waals surface area contributed by atoms with Gasteiger partial charge < -0.3 is 4.90 Å². The Labute approximate surface area is 130 Å². The van der Waals surface area contributed by atoms with E-state index in [-0.39, 0.29) is 10.6 Å². The Morgan fingerprint density at radius 1 is 1.23 bits per heavy atom. The van der Waals surface area contributed by atoms with Gasteiger partial charge in [-0.25, -0.2) is 0 Å². The van der Waals surface area contributed by atoms with Crippen LogP contribution in [0.25, 0.3) is 0 Å². The van der Waals surface area contributed by atoms with Crippen LogP contribution in [0.3, 0.4) is 0 Å². The number of nitrogens with zero attached hydrogens (tertiary/aromatic N) is 2. The Morgan fingerprint density at radius 2 is 2.00 bits per heavy atom. The molecule has 4 nitrogen and oxygen atoms in total. The van der Waals surface area contributed by atoms with Crippen molar-refractivity contribution >= 4 is 11.4 Å². The molecule has 0 aliphatic carbocycles. The molecule has 3 rings (SSSR count). The van der Waals surface area contributed by atoms with E-state index in [4.69, 9.17) is 0 Å². The molecule has 0 N–H and O–H groups in total. The van der Waals surface area contributed by atoms with Crippen molar-refractivity contribution in [2.45, 2.75) is 32.2 Å². The van der Waals surface area contributed by atoms with E-state index in [2.05, 4.69) is 36.1 Å². The highest BCUT2D eigenvalue weighted by Crippen LogP contribution is 2.33. The van der Waals surface area contributed by atoms with E-state index in [1.807, 2.05) is 12.1 Å². The fourth-order valence-corrected chi connectivity index (χ4v) is 3.16. The molecule has 2 aromatic carbocycles. The van der Waals surface area contributed by atoms with Gasteiger partial charge in [0.2, 0.25) is 0 Å². The number of benzene rings is 2. The molecule has 0 bridgehead atoms. The van der Waals surface area contributed by atoms with Gasteiger partial charge in [0.1, 0.15) is 0 Å². The van der Waals surface area contributed by atoms with Gasteiger partial charge in [0.15, 0.2) is 0 Å². The number of hydrogen-bond acceptors (Lipinski definition) is 3. The molecule has 1 aliphatic heterocycles. The first-order valence-electron chi connectivity index (χ1n) is 7.73. The first-order chi connectivity index (χ1) is 10.6. The molecule has 0 fully saturated rings. The average molecular weight is 296 g/mol. The smallest absolute Gasteiger partial charge is 0.269 e. The highest BCUT2D eigenvalue weighted by atomic mass is 16.6. The van der Waals surface area contributed by atoms with Crippen molar-refractivity contribution in [1.29, 1.82) is 0 Å². The lowest BCUT2D eigenvalue weighted by Crippen LogP contribution is -2.38. The van der Waals surface area contributed by atoms with Crippen molar-refractivity contribution in [1.82, 2.24) is 0 Å². The Morgan fingerprint density at radius 3 is 2.73 bits per heavy atom. The summed E-state index contributed by atoms with van der Waals surface area (Å²) >= 11 is 0. The van der Waals surface area contributed by atoms with E-state index in [1.165, 1.54) is 5.56 Å². The second-order valence-electron chi connectivity index (χ2n) is 5.89. The van der Waals surface area contributed by atoms with Crippen molar-refractivity contribution < 1.29 is 4.92 Å². The third-order valence-electron chi connectivity index (χ3n) is 4.43. The minimum atomic E-state index is -0.313. The lowest BCUT2D eigenvalue weighted by molar-refractivity contribution is -0.384. The SMILES string of the molecule is C[C@@H]1CCc2cc([N+](=O)[O-])ccc2N1CCc1ccccc1. The lowest BCUT2D eigenvalue weighted by atomic mass is 9.95. The number of nitro benzene ring substituents is 1. The maximum absolute atomic E-state index is 10.9. The highest BCUT2D eigenvalue weighted by Gasteiger charge is 2.24. The van der Waals surface area contributed by atoms with Gasteiger partial charge in [-0.2, -0.15) is 0 Å². The molecule has 1 atom stereocenters. The van der Waals surface area contributed by atoms with Gasteiger partial charge in [0.25, 0.3) is 5.69 Å². The van der Waals surface area contributed by atoms with E-state index in [1.54, 1.807) is 12.1 Å². The van der Waals surface area contributed by atoms with E-state index in [0.717, 1.165) is 37.1 Å². The molecular formula is C18H20N2O2. The summed E-state index contributed by atoms with van der Waals surface area (Å²) in [4.78, 5) is 13.0. The van der Waals surface area contributed by atoms with Gasteiger partial charge in [-0.15, -0.1) is 0 Å². The van der Waals surface area contributed by atoms with E-state index in [0.29, 0.717) is 6.04 Å². The van der Waals surface area contributed by atoms with Crippen LogP contribution in [0.5, 0.6) is 0 Å². The fraction of sp³-hybridized carbons (Fsp3) is 0.333. The molecule has 0 spiro atoms. The molecule has 0 saturated carbocycles. The number of rotatable bonds is 4. The number of aryl methyl sites for hydroxylation is 1. The van der Waals surface area contributed by atoms with Crippen molar-refractivity contribution in [3.63, 3.8) is 0 Å². The zero-order chi connectivity index (χ0) is 15.5. The lowest BCUT2D eigenvalue weighted by Gasteiger charge is -2.37. The van der Waals surface area contributed by atoms with Crippen LogP contribution in [-0.2, 0) is 12.8 Å². The van der Waals surface area contributed by atoms with Crippen molar-refractivity contribution in [2.75, 3.05) is 11.4 Å². The molecular weight excluding hydrogens is 276 g/mol. The monoisotopic (exact) mass is 296 g/mol. The standard InChI is InChI=1S/C18H20N2O2/c1-14-7-8-16-13-17(20(21)22)9-10-18(16)19(14)12-11-15-5-3-2-4-6-15/h2-6,9-10,13-14H,7-8,11-12H2,1H3/t14-/m1/s1. The summed E-state index contributed by atoms with van der Waals surface area (Å²) in [5.74, 6) is 0. The zero-order valence-corrected chi connectivity index (χ0v) is 12.7. The van der Waals surface area contributed by atoms with Gasteiger partial charge in [0.05, 0.1) is 4.92 Å². The Hall–Kier alpha value is -2.36. The third-order valence-corrected chi connectivity index (χ3v) is 4.43. The third kappa shape index (κ3) is 2.96. The average Bonchev–Trinajstić information content (AvgIpc) is 2.54. The van der Waals surface area contributed by atoms with Crippen LogP contribution in [0.15, 0.2) is 48.5 Å². The largest absolute Gasteiger partial charge is 0.368 e. The first-order valence-corrected chi connectivity index (χ1v) is 7.73. The quantitative estimate of drug-likeness (QED) is 0.633. The molecule has 4 heteroatoms. The topological polar surface area (TPSA) is 46.4 Å². The minimum Gasteiger partial charge on any atom is -0.368 e. The predicted molar refractivity (Wildman–Crippen MR) is 88.4 cm³/mol. The van der Waals surface area contributed by atoms with Crippen molar-refractivity contribution in [2.24, 2.45) is 0 Å². The van der Waals surface area contributed by atoms with Crippen LogP contribution >= 0.6 is 0 Å². The fourth-order valence-electron chi connectivity index (χ4n) is 3.16. The Bertz CT molecular complexity index is 670. The summed E-state index contributed by atoms with van der Waals surface area (Å²) in [7, 11) is 0. The van der Waals surface area contributed by atoms with Crippen LogP contribution < -0.4 is 4.90 Å². The molecule has 0 radical (unpaired) electrons. The molecule has 1 heterocycles. The van der Waals surface area contributed by atoms with E-state index < -0.39 is 0 Å². The van der Waals surface area contributed by atoms with Crippen LogP contribution in [0.1, 0.15) is 24.5 Å². The van der Waals surface area contributed by atoms with Crippen LogP contribution in [0, 0.1) is 10.1 Å². The molecule has 1 aliphatic rings. The van der Waals surface area contributed by atoms with Crippen molar-refractivity contribution in [3.8, 4) is 0 Å². The molecule has 2 aromatic rings. The first kappa shape index (κ1) is 14.6. The predicted octanol–water partition coefficient (Wildman–Crippen LogP) is 3.98. The van der Waals surface area contributed by atoms with Crippen molar-refractivity contribution in [3.05, 3.63) is 69.8 Å². The van der Waals surface area contributed by atoms with Gasteiger partial charge in [0, 0.05) is 30.4 Å². The zero-order valence-electron chi connectivity index (χ0n) is 12.7. The number of non-ortho nitro benzene ring substituents is 1. The molecule has 22 heavy (non-hydrogen) atoms. The maximum Gasteiger partial charge on any atom is 0.269 e. The normalized spacial score (nSPS) is 17.1. The highest BCUT2D eigenvalue weighted by molar-refractivity contribution is 5.60. The van der Waals surface area contributed by atoms with E-state index in [9.17, 15) is 10.1 Å². The van der Waals surface area contributed by atoms with Crippen LogP contribution in [0.2, 0.25) is 0 Å². The number of nitro groups is 1.